The molecule has 0 saturated heterocycles. The molecule has 160 valence electrons. The first kappa shape index (κ1) is 21.1. The Morgan fingerprint density at radius 2 is 1.75 bits per heavy atom. The number of methoxy groups -OCH3 is 1. The molecule has 0 bridgehead atoms. The summed E-state index contributed by atoms with van der Waals surface area (Å²) >= 11 is 0. The molecule has 0 aliphatic rings. The predicted molar refractivity (Wildman–Crippen MR) is 126 cm³/mol. The zero-order valence-corrected chi connectivity index (χ0v) is 17.7. The van der Waals surface area contributed by atoms with Crippen LogP contribution in [-0.4, -0.2) is 28.8 Å². The van der Waals surface area contributed by atoms with E-state index in [1.165, 1.54) is 0 Å². The Morgan fingerprint density at radius 3 is 2.53 bits per heavy atom. The number of H-pyrrole nitrogens is 1. The molecule has 32 heavy (non-hydrogen) atoms. The topological polar surface area (TPSA) is 84.1 Å². The van der Waals surface area contributed by atoms with Crippen LogP contribution in [0.25, 0.3) is 17.1 Å². The first-order valence-corrected chi connectivity index (χ1v) is 10.3. The summed E-state index contributed by atoms with van der Waals surface area (Å²) < 4.78 is 5.26. The van der Waals surface area contributed by atoms with E-state index in [4.69, 9.17) is 4.74 Å². The Labute approximate surface area is 186 Å². The number of imidazole rings is 1. The van der Waals surface area contributed by atoms with Crippen molar-refractivity contribution in [3.8, 4) is 5.75 Å². The van der Waals surface area contributed by atoms with Gasteiger partial charge in [-0.3, -0.25) is 9.59 Å². The van der Waals surface area contributed by atoms with Gasteiger partial charge in [-0.2, -0.15) is 0 Å². The summed E-state index contributed by atoms with van der Waals surface area (Å²) in [7, 11) is 1.56. The molecule has 0 atom stereocenters. The molecule has 4 aromatic rings. The van der Waals surface area contributed by atoms with Gasteiger partial charge in [-0.1, -0.05) is 42.5 Å². The molecule has 0 aliphatic carbocycles. The van der Waals surface area contributed by atoms with Crippen molar-refractivity contribution < 1.29 is 14.3 Å². The van der Waals surface area contributed by atoms with Crippen LogP contribution in [0.2, 0.25) is 0 Å². The van der Waals surface area contributed by atoms with Crippen LogP contribution in [0.15, 0.2) is 78.9 Å². The first-order valence-electron chi connectivity index (χ1n) is 10.3. The molecule has 0 spiro atoms. The van der Waals surface area contributed by atoms with Crippen molar-refractivity contribution in [2.75, 3.05) is 12.4 Å². The van der Waals surface area contributed by atoms with Gasteiger partial charge in [-0.05, 0) is 48.0 Å². The number of aromatic nitrogens is 2. The van der Waals surface area contributed by atoms with Gasteiger partial charge in [-0.15, -0.1) is 0 Å². The number of allylic oxidation sites excluding steroid dienone is 1. The Kier molecular flexibility index (Phi) is 6.41. The van der Waals surface area contributed by atoms with Gasteiger partial charge in [0.15, 0.2) is 5.78 Å². The molecule has 0 aliphatic heterocycles. The number of fused-ring (bicyclic) bond motifs is 1. The zero-order valence-electron chi connectivity index (χ0n) is 17.7. The van der Waals surface area contributed by atoms with Crippen molar-refractivity contribution in [2.24, 2.45) is 0 Å². The summed E-state index contributed by atoms with van der Waals surface area (Å²) in [5.74, 6) is 1.19. The van der Waals surface area contributed by atoms with Gasteiger partial charge in [0.25, 0.3) is 5.91 Å². The number of ketones is 1. The van der Waals surface area contributed by atoms with E-state index >= 15 is 0 Å². The van der Waals surface area contributed by atoms with Crippen molar-refractivity contribution in [3.63, 3.8) is 0 Å². The molecular weight excluding hydrogens is 402 g/mol. The molecule has 1 aromatic heterocycles. The number of nitrogens with one attached hydrogen (secondary N) is 2. The highest BCUT2D eigenvalue weighted by Crippen LogP contribution is 2.23. The summed E-state index contributed by atoms with van der Waals surface area (Å²) in [6.07, 6.45) is 4.24. The maximum absolute atomic E-state index is 12.5. The fourth-order valence-corrected chi connectivity index (χ4v) is 3.33. The molecule has 3 aromatic carbocycles. The van der Waals surface area contributed by atoms with E-state index in [2.05, 4.69) is 15.3 Å². The Hall–Kier alpha value is -4.19. The van der Waals surface area contributed by atoms with Gasteiger partial charge in [-0.25, -0.2) is 4.98 Å². The van der Waals surface area contributed by atoms with Crippen molar-refractivity contribution in [3.05, 3.63) is 95.8 Å². The minimum Gasteiger partial charge on any atom is -0.495 e. The number of carbonyl (C=O) groups is 2. The average molecular weight is 425 g/mol. The molecular formula is C26H23N3O3. The third-order valence-corrected chi connectivity index (χ3v) is 5.04. The number of nitrogens with zero attached hydrogens (tertiary/aromatic N) is 1. The Morgan fingerprint density at radius 1 is 1.00 bits per heavy atom. The molecule has 0 fully saturated rings. The van der Waals surface area contributed by atoms with Gasteiger partial charge in [0, 0.05) is 18.4 Å². The summed E-state index contributed by atoms with van der Waals surface area (Å²) in [6, 6.07) is 22.1. The number of anilines is 1. The van der Waals surface area contributed by atoms with E-state index in [0.29, 0.717) is 29.8 Å². The summed E-state index contributed by atoms with van der Waals surface area (Å²) in [4.78, 5) is 32.5. The largest absolute Gasteiger partial charge is 0.495 e. The number of aromatic amines is 1. The predicted octanol–water partition coefficient (Wildman–Crippen LogP) is 5.04. The fraction of sp³-hybridized carbons (Fsp3) is 0.115. The highest BCUT2D eigenvalue weighted by atomic mass is 16.5. The lowest BCUT2D eigenvalue weighted by Crippen LogP contribution is -2.12. The maximum atomic E-state index is 12.5. The second-order valence-corrected chi connectivity index (χ2v) is 7.28. The number of aryl methyl sites for hydroxylation is 1. The second-order valence-electron chi connectivity index (χ2n) is 7.28. The van der Waals surface area contributed by atoms with Crippen LogP contribution in [-0.2, 0) is 11.2 Å². The first-order chi connectivity index (χ1) is 15.6. The number of benzene rings is 3. The van der Waals surface area contributed by atoms with Crippen LogP contribution in [0.1, 0.15) is 28.2 Å². The number of para-hydroxylation sites is 4. The van der Waals surface area contributed by atoms with Crippen LogP contribution >= 0.6 is 0 Å². The lowest BCUT2D eigenvalue weighted by molar-refractivity contribution is -0.114. The molecule has 6 nitrogen and oxygen atoms in total. The van der Waals surface area contributed by atoms with Gasteiger partial charge >= 0.3 is 0 Å². The van der Waals surface area contributed by atoms with Gasteiger partial charge in [0.1, 0.15) is 11.6 Å². The van der Waals surface area contributed by atoms with Crippen LogP contribution in [0.5, 0.6) is 5.75 Å². The number of hydrogen-bond donors (Lipinski definition) is 2. The van der Waals surface area contributed by atoms with Crippen molar-refractivity contribution in [2.45, 2.75) is 12.8 Å². The van der Waals surface area contributed by atoms with E-state index in [0.717, 1.165) is 22.4 Å². The summed E-state index contributed by atoms with van der Waals surface area (Å²) in [6.45, 7) is 0. The van der Waals surface area contributed by atoms with Crippen molar-refractivity contribution in [1.29, 1.82) is 0 Å². The van der Waals surface area contributed by atoms with E-state index in [1.54, 1.807) is 55.7 Å². The SMILES string of the molecule is COc1ccccc1NC(=O)c1ccc(C=CC(=O)CCc2nc3ccccc3[nH]2)cc1. The molecule has 2 N–H and O–H groups in total. The zero-order chi connectivity index (χ0) is 22.3. The Balaban J connectivity index is 1.32. The van der Waals surface area contributed by atoms with Crippen LogP contribution in [0, 0.1) is 0 Å². The number of ether oxygens (including phenoxy) is 1. The normalized spacial score (nSPS) is 11.0. The third-order valence-electron chi connectivity index (χ3n) is 5.04. The maximum Gasteiger partial charge on any atom is 0.255 e. The van der Waals surface area contributed by atoms with Crippen LogP contribution in [0.3, 0.4) is 0 Å². The summed E-state index contributed by atoms with van der Waals surface area (Å²) in [5, 5.41) is 2.84. The molecule has 4 rings (SSSR count). The smallest absolute Gasteiger partial charge is 0.255 e. The quantitative estimate of drug-likeness (QED) is 0.388. The highest BCUT2D eigenvalue weighted by Gasteiger charge is 2.09. The minimum absolute atomic E-state index is 0.0171. The van der Waals surface area contributed by atoms with Crippen LogP contribution < -0.4 is 10.1 Å². The minimum atomic E-state index is -0.230. The lowest BCUT2D eigenvalue weighted by Gasteiger charge is -2.09. The number of amides is 1. The summed E-state index contributed by atoms with van der Waals surface area (Å²) in [5.41, 5.74) is 3.85. The van der Waals surface area contributed by atoms with E-state index in [-0.39, 0.29) is 11.7 Å². The molecule has 0 saturated carbocycles. The van der Waals surface area contributed by atoms with Gasteiger partial charge in [0.05, 0.1) is 23.8 Å². The van der Waals surface area contributed by atoms with E-state index in [1.807, 2.05) is 36.4 Å². The molecule has 1 heterocycles. The highest BCUT2D eigenvalue weighted by molar-refractivity contribution is 6.05. The third kappa shape index (κ3) is 5.10. The monoisotopic (exact) mass is 425 g/mol. The number of hydrogen-bond acceptors (Lipinski definition) is 4. The molecule has 0 radical (unpaired) electrons. The molecule has 0 unspecified atom stereocenters. The van der Waals surface area contributed by atoms with Crippen molar-refractivity contribution >= 4 is 34.5 Å². The second kappa shape index (κ2) is 9.75. The molecule has 6 heteroatoms. The lowest BCUT2D eigenvalue weighted by atomic mass is 10.1. The van der Waals surface area contributed by atoms with E-state index in [9.17, 15) is 9.59 Å². The van der Waals surface area contributed by atoms with Gasteiger partial charge in [0.2, 0.25) is 0 Å². The fourth-order valence-electron chi connectivity index (χ4n) is 3.33. The standard InChI is InChI=1S/C26H23N3O3/c1-32-24-9-5-4-8-23(24)29-26(31)19-13-10-18(11-14-19)12-15-20(30)16-17-25-27-21-6-2-3-7-22(21)28-25/h2-15H,16-17H2,1H3,(H,27,28)(H,29,31). The van der Waals surface area contributed by atoms with Gasteiger partial charge < -0.3 is 15.0 Å². The number of rotatable bonds is 8. The average Bonchev–Trinajstić information content (AvgIpc) is 3.25. The number of carbonyl (C=O) groups excluding carboxylic acids is 2. The van der Waals surface area contributed by atoms with Crippen LogP contribution in [0.4, 0.5) is 5.69 Å². The molecule has 1 amide bonds. The van der Waals surface area contributed by atoms with Crippen molar-refractivity contribution in [1.82, 2.24) is 9.97 Å². The Bertz CT molecular complexity index is 1240. The van der Waals surface area contributed by atoms with E-state index < -0.39 is 0 Å².